The van der Waals surface area contributed by atoms with Gasteiger partial charge >= 0.3 is 12.2 Å². The number of amides is 2. The third-order valence-corrected chi connectivity index (χ3v) is 3.79. The minimum atomic E-state index is -4.59. The number of carbonyl (C=O) groups is 1. The summed E-state index contributed by atoms with van der Waals surface area (Å²) >= 11 is 0. The highest BCUT2D eigenvalue weighted by Gasteiger charge is 2.34. The van der Waals surface area contributed by atoms with Crippen molar-refractivity contribution in [3.8, 4) is 0 Å². The van der Waals surface area contributed by atoms with Crippen LogP contribution in [-0.2, 0) is 11.7 Å². The van der Waals surface area contributed by atoms with Gasteiger partial charge in [0.25, 0.3) is 0 Å². The number of benzene rings is 1. The van der Waals surface area contributed by atoms with Crippen LogP contribution in [0.15, 0.2) is 30.3 Å². The van der Waals surface area contributed by atoms with Crippen LogP contribution in [0.4, 0.5) is 23.8 Å². The van der Waals surface area contributed by atoms with Crippen molar-refractivity contribution in [3.63, 3.8) is 0 Å². The van der Waals surface area contributed by atoms with Crippen LogP contribution in [0.25, 0.3) is 0 Å². The lowest BCUT2D eigenvalue weighted by molar-refractivity contribution is -0.139. The number of hydrogen-bond donors (Lipinski definition) is 3. The molecule has 0 radical (unpaired) electrons. The van der Waals surface area contributed by atoms with Crippen LogP contribution in [0.1, 0.15) is 43.7 Å². The van der Waals surface area contributed by atoms with Gasteiger partial charge in [0.2, 0.25) is 0 Å². The third-order valence-electron chi connectivity index (χ3n) is 3.79. The minimum Gasteiger partial charge on any atom is -0.387 e. The molecule has 2 aromatic rings. The number of carbonyl (C=O) groups excluding carboxylic acids is 1. The number of nitrogens with one attached hydrogen (secondary N) is 2. The molecule has 27 heavy (non-hydrogen) atoms. The maximum Gasteiger partial charge on any atom is 0.416 e. The molecule has 1 aromatic carbocycles. The molecular formula is C18H23F3N4O2. The Kier molecular flexibility index (Phi) is 5.84. The van der Waals surface area contributed by atoms with Gasteiger partial charge in [-0.05, 0) is 39.3 Å². The van der Waals surface area contributed by atoms with Crippen LogP contribution in [0.5, 0.6) is 0 Å². The average molecular weight is 384 g/mol. The number of urea groups is 1. The normalized spacial score (nSPS) is 13.3. The number of anilines is 1. The number of hydrogen-bond acceptors (Lipinski definition) is 3. The van der Waals surface area contributed by atoms with Crippen molar-refractivity contribution in [2.45, 2.75) is 45.5 Å². The Bertz CT molecular complexity index is 810. The zero-order valence-electron chi connectivity index (χ0n) is 15.6. The van der Waals surface area contributed by atoms with E-state index in [1.807, 2.05) is 20.8 Å². The van der Waals surface area contributed by atoms with E-state index in [1.54, 1.807) is 17.7 Å². The van der Waals surface area contributed by atoms with Gasteiger partial charge in [0.05, 0.1) is 22.9 Å². The predicted molar refractivity (Wildman–Crippen MR) is 95.4 cm³/mol. The summed E-state index contributed by atoms with van der Waals surface area (Å²) < 4.78 is 40.7. The van der Waals surface area contributed by atoms with Gasteiger partial charge < -0.3 is 10.4 Å². The van der Waals surface area contributed by atoms with E-state index in [1.165, 1.54) is 18.2 Å². The first kappa shape index (κ1) is 20.8. The van der Waals surface area contributed by atoms with E-state index in [0.717, 1.165) is 6.07 Å². The minimum absolute atomic E-state index is 0.291. The molecule has 0 fully saturated rings. The Morgan fingerprint density at radius 3 is 2.48 bits per heavy atom. The van der Waals surface area contributed by atoms with Gasteiger partial charge in [0, 0.05) is 12.6 Å². The molecule has 0 saturated carbocycles. The first-order valence-corrected chi connectivity index (χ1v) is 8.36. The molecule has 148 valence electrons. The fourth-order valence-electron chi connectivity index (χ4n) is 2.61. The lowest BCUT2D eigenvalue weighted by Crippen LogP contribution is -2.35. The van der Waals surface area contributed by atoms with Gasteiger partial charge in [0.15, 0.2) is 0 Å². The Labute approximate surface area is 155 Å². The van der Waals surface area contributed by atoms with Gasteiger partial charge in [-0.1, -0.05) is 18.2 Å². The molecule has 0 saturated heterocycles. The molecule has 0 aliphatic heterocycles. The van der Waals surface area contributed by atoms with Crippen molar-refractivity contribution in [2.75, 3.05) is 11.9 Å². The molecule has 1 heterocycles. The largest absolute Gasteiger partial charge is 0.416 e. The Balaban J connectivity index is 2.05. The Morgan fingerprint density at radius 1 is 1.26 bits per heavy atom. The van der Waals surface area contributed by atoms with Crippen LogP contribution in [0.3, 0.4) is 0 Å². The average Bonchev–Trinajstić information content (AvgIpc) is 2.92. The summed E-state index contributed by atoms with van der Waals surface area (Å²) in [5.41, 5.74) is -0.886. The van der Waals surface area contributed by atoms with Crippen LogP contribution in [0.2, 0.25) is 0 Å². The highest BCUT2D eigenvalue weighted by Crippen LogP contribution is 2.34. The lowest BCUT2D eigenvalue weighted by Gasteiger charge is -2.22. The van der Waals surface area contributed by atoms with Crippen molar-refractivity contribution in [2.24, 2.45) is 0 Å². The topological polar surface area (TPSA) is 79.2 Å². The standard InChI is InChI=1S/C18H23F3N4O2/c1-11-9-15(25(24-11)17(2,3)4)23-16(27)22-10-14(26)12-7-5-6-8-13(12)18(19,20)21/h5-9,14,26H,10H2,1-4H3,(H2,22,23,27)/t14-/m1/s1. The molecule has 0 unspecified atom stereocenters. The number of aliphatic hydroxyl groups excluding tert-OH is 1. The first-order valence-electron chi connectivity index (χ1n) is 8.36. The molecule has 2 amide bonds. The van der Waals surface area contributed by atoms with E-state index in [2.05, 4.69) is 15.7 Å². The summed E-state index contributed by atoms with van der Waals surface area (Å²) in [6, 6.07) is 5.76. The van der Waals surface area contributed by atoms with Gasteiger partial charge in [-0.2, -0.15) is 18.3 Å². The van der Waals surface area contributed by atoms with Crippen molar-refractivity contribution >= 4 is 11.8 Å². The summed E-state index contributed by atoms with van der Waals surface area (Å²) in [5.74, 6) is 0.447. The Hall–Kier alpha value is -2.55. The molecule has 3 N–H and O–H groups in total. The van der Waals surface area contributed by atoms with Crippen molar-refractivity contribution in [1.82, 2.24) is 15.1 Å². The fourth-order valence-corrected chi connectivity index (χ4v) is 2.61. The summed E-state index contributed by atoms with van der Waals surface area (Å²) in [6.07, 6.45) is -6.08. The maximum absolute atomic E-state index is 13.0. The number of aromatic nitrogens is 2. The molecule has 0 spiro atoms. The van der Waals surface area contributed by atoms with Gasteiger partial charge in [-0.3, -0.25) is 5.32 Å². The highest BCUT2D eigenvalue weighted by atomic mass is 19.4. The maximum atomic E-state index is 13.0. The molecule has 1 aromatic heterocycles. The molecule has 0 bridgehead atoms. The number of alkyl halides is 3. The first-order chi connectivity index (χ1) is 12.4. The van der Waals surface area contributed by atoms with E-state index < -0.39 is 23.9 Å². The van der Waals surface area contributed by atoms with Crippen molar-refractivity contribution in [3.05, 3.63) is 47.2 Å². The monoisotopic (exact) mass is 384 g/mol. The SMILES string of the molecule is Cc1cc(NC(=O)NC[C@@H](O)c2ccccc2C(F)(F)F)n(C(C)(C)C)n1. The zero-order valence-corrected chi connectivity index (χ0v) is 15.6. The van der Waals surface area contributed by atoms with E-state index in [9.17, 15) is 23.1 Å². The summed E-state index contributed by atoms with van der Waals surface area (Å²) in [5, 5.41) is 19.4. The molecule has 1 atom stereocenters. The molecule has 0 aliphatic carbocycles. The number of aliphatic hydroxyl groups is 1. The fraction of sp³-hybridized carbons (Fsp3) is 0.444. The highest BCUT2D eigenvalue weighted by molar-refractivity contribution is 5.88. The van der Waals surface area contributed by atoms with E-state index in [-0.39, 0.29) is 17.6 Å². The van der Waals surface area contributed by atoms with E-state index in [4.69, 9.17) is 0 Å². The Morgan fingerprint density at radius 2 is 1.89 bits per heavy atom. The second-order valence-corrected chi connectivity index (χ2v) is 7.19. The van der Waals surface area contributed by atoms with Gasteiger partial charge in [-0.25, -0.2) is 9.48 Å². The third kappa shape index (κ3) is 5.22. The second kappa shape index (κ2) is 7.59. The van der Waals surface area contributed by atoms with E-state index in [0.29, 0.717) is 11.5 Å². The van der Waals surface area contributed by atoms with Crippen molar-refractivity contribution < 1.29 is 23.1 Å². The predicted octanol–water partition coefficient (Wildman–Crippen LogP) is 3.82. The van der Waals surface area contributed by atoms with Crippen LogP contribution in [0, 0.1) is 6.92 Å². The lowest BCUT2D eigenvalue weighted by atomic mass is 10.0. The zero-order chi connectivity index (χ0) is 20.4. The van der Waals surface area contributed by atoms with Crippen LogP contribution in [-0.4, -0.2) is 27.5 Å². The summed E-state index contributed by atoms with van der Waals surface area (Å²) in [6.45, 7) is 7.16. The van der Waals surface area contributed by atoms with Gasteiger partial charge in [0.1, 0.15) is 5.82 Å². The molecular weight excluding hydrogens is 361 g/mol. The molecule has 2 rings (SSSR count). The molecule has 9 heteroatoms. The quantitative estimate of drug-likeness (QED) is 0.750. The number of nitrogens with zero attached hydrogens (tertiary/aromatic N) is 2. The van der Waals surface area contributed by atoms with Crippen LogP contribution >= 0.6 is 0 Å². The van der Waals surface area contributed by atoms with E-state index >= 15 is 0 Å². The molecule has 6 nitrogen and oxygen atoms in total. The van der Waals surface area contributed by atoms with Crippen molar-refractivity contribution in [1.29, 1.82) is 0 Å². The number of rotatable bonds is 4. The smallest absolute Gasteiger partial charge is 0.387 e. The summed E-state index contributed by atoms with van der Waals surface area (Å²) in [4.78, 5) is 12.1. The molecule has 0 aliphatic rings. The van der Waals surface area contributed by atoms with Gasteiger partial charge in [-0.15, -0.1) is 0 Å². The second-order valence-electron chi connectivity index (χ2n) is 7.19. The summed E-state index contributed by atoms with van der Waals surface area (Å²) in [7, 11) is 0. The number of halogens is 3. The number of aryl methyl sites for hydroxylation is 1. The van der Waals surface area contributed by atoms with Crippen LogP contribution < -0.4 is 10.6 Å².